The molecule has 4 rings (SSSR count). The fraction of sp³-hybridized carbons (Fsp3) is 0.273. The van der Waals surface area contributed by atoms with Crippen LogP contribution in [-0.4, -0.2) is 41.2 Å². The van der Waals surface area contributed by atoms with Crippen LogP contribution in [0.25, 0.3) is 11.3 Å². The number of anilines is 2. The number of aromatic nitrogens is 1. The standard InChI is InChI=1S/C22H24N4S2/c1-2-17-8-10-19(11-9-17)23-21(27)25-12-14-26(15-13-25)22-24-20(16-28-22)18-6-4-3-5-7-18/h3-11,16H,2,12-15H2,1H3,(H,23,27). The predicted molar refractivity (Wildman–Crippen MR) is 123 cm³/mol. The van der Waals surface area contributed by atoms with Gasteiger partial charge in [0.15, 0.2) is 10.2 Å². The molecule has 1 aromatic heterocycles. The minimum atomic E-state index is 0.799. The van der Waals surface area contributed by atoms with Crippen molar-refractivity contribution >= 4 is 39.5 Å². The molecule has 0 aliphatic carbocycles. The number of rotatable bonds is 4. The average molecular weight is 409 g/mol. The summed E-state index contributed by atoms with van der Waals surface area (Å²) >= 11 is 7.34. The molecule has 4 nitrogen and oxygen atoms in total. The van der Waals surface area contributed by atoms with Gasteiger partial charge in [0.2, 0.25) is 0 Å². The van der Waals surface area contributed by atoms with Gasteiger partial charge in [0.1, 0.15) is 0 Å². The van der Waals surface area contributed by atoms with Gasteiger partial charge in [0.05, 0.1) is 5.69 Å². The summed E-state index contributed by atoms with van der Waals surface area (Å²) in [6.45, 7) is 5.83. The number of thiocarbonyl (C=S) groups is 1. The Morgan fingerprint density at radius 2 is 1.75 bits per heavy atom. The molecule has 3 aromatic rings. The molecule has 1 saturated heterocycles. The molecule has 28 heavy (non-hydrogen) atoms. The van der Waals surface area contributed by atoms with Crippen molar-refractivity contribution in [1.29, 1.82) is 0 Å². The van der Waals surface area contributed by atoms with Gasteiger partial charge in [-0.3, -0.25) is 0 Å². The minimum Gasteiger partial charge on any atom is -0.345 e. The Balaban J connectivity index is 1.33. The second kappa shape index (κ2) is 8.71. The van der Waals surface area contributed by atoms with Crippen LogP contribution in [-0.2, 0) is 6.42 Å². The SMILES string of the molecule is CCc1ccc(NC(=S)N2CCN(c3nc(-c4ccccc4)cs3)CC2)cc1. The molecule has 6 heteroatoms. The maximum Gasteiger partial charge on any atom is 0.185 e. The van der Waals surface area contributed by atoms with Crippen molar-refractivity contribution in [1.82, 2.24) is 9.88 Å². The van der Waals surface area contributed by atoms with Crippen LogP contribution in [0.5, 0.6) is 0 Å². The third kappa shape index (κ3) is 4.34. The monoisotopic (exact) mass is 408 g/mol. The Morgan fingerprint density at radius 3 is 2.43 bits per heavy atom. The summed E-state index contributed by atoms with van der Waals surface area (Å²) in [6, 6.07) is 18.8. The van der Waals surface area contributed by atoms with Crippen LogP contribution >= 0.6 is 23.6 Å². The van der Waals surface area contributed by atoms with Crippen LogP contribution in [0.3, 0.4) is 0 Å². The van der Waals surface area contributed by atoms with Crippen molar-refractivity contribution in [2.75, 3.05) is 36.4 Å². The molecule has 0 unspecified atom stereocenters. The first kappa shape index (κ1) is 18.9. The van der Waals surface area contributed by atoms with Gasteiger partial charge in [-0.2, -0.15) is 0 Å². The zero-order valence-corrected chi connectivity index (χ0v) is 17.6. The van der Waals surface area contributed by atoms with Crippen molar-refractivity contribution in [3.05, 3.63) is 65.5 Å². The zero-order valence-electron chi connectivity index (χ0n) is 16.0. The Labute approximate surface area is 175 Å². The smallest absolute Gasteiger partial charge is 0.185 e. The first-order chi connectivity index (χ1) is 13.7. The van der Waals surface area contributed by atoms with Crippen molar-refractivity contribution in [3.8, 4) is 11.3 Å². The highest BCUT2D eigenvalue weighted by atomic mass is 32.1. The Kier molecular flexibility index (Phi) is 5.88. The highest BCUT2D eigenvalue weighted by Crippen LogP contribution is 2.28. The van der Waals surface area contributed by atoms with Crippen LogP contribution in [0, 0.1) is 0 Å². The Bertz CT molecular complexity index is 913. The number of piperazine rings is 1. The fourth-order valence-electron chi connectivity index (χ4n) is 3.28. The van der Waals surface area contributed by atoms with E-state index in [1.54, 1.807) is 11.3 Å². The maximum atomic E-state index is 5.62. The van der Waals surface area contributed by atoms with Crippen LogP contribution < -0.4 is 10.2 Å². The highest BCUT2D eigenvalue weighted by Gasteiger charge is 2.21. The summed E-state index contributed by atoms with van der Waals surface area (Å²) in [5.41, 5.74) is 4.61. The zero-order chi connectivity index (χ0) is 19.3. The number of hydrogen-bond donors (Lipinski definition) is 1. The molecular weight excluding hydrogens is 384 g/mol. The molecule has 0 atom stereocenters. The van der Waals surface area contributed by atoms with E-state index in [9.17, 15) is 0 Å². The van der Waals surface area contributed by atoms with Gasteiger partial charge in [0, 0.05) is 42.8 Å². The van der Waals surface area contributed by atoms with E-state index >= 15 is 0 Å². The van der Waals surface area contributed by atoms with Crippen LogP contribution in [0.1, 0.15) is 12.5 Å². The van der Waals surface area contributed by atoms with E-state index < -0.39 is 0 Å². The number of aryl methyl sites for hydroxylation is 1. The molecule has 1 fully saturated rings. The third-order valence-electron chi connectivity index (χ3n) is 5.01. The van der Waals surface area contributed by atoms with Crippen LogP contribution in [0.2, 0.25) is 0 Å². The van der Waals surface area contributed by atoms with E-state index in [0.717, 1.165) is 54.2 Å². The molecule has 0 spiro atoms. The summed E-state index contributed by atoms with van der Waals surface area (Å²) in [5, 5.41) is 7.40. The van der Waals surface area contributed by atoms with Crippen molar-refractivity contribution in [2.45, 2.75) is 13.3 Å². The number of hydrogen-bond acceptors (Lipinski definition) is 4. The topological polar surface area (TPSA) is 31.4 Å². The largest absolute Gasteiger partial charge is 0.345 e. The predicted octanol–water partition coefficient (Wildman–Crippen LogP) is 4.89. The Morgan fingerprint density at radius 1 is 1.04 bits per heavy atom. The lowest BCUT2D eigenvalue weighted by Crippen LogP contribution is -2.50. The first-order valence-corrected chi connectivity index (χ1v) is 10.9. The molecule has 0 saturated carbocycles. The van der Waals surface area contributed by atoms with E-state index in [2.05, 4.69) is 76.0 Å². The van der Waals surface area contributed by atoms with Gasteiger partial charge in [-0.05, 0) is 36.3 Å². The number of thiazole rings is 1. The van der Waals surface area contributed by atoms with Crippen LogP contribution in [0.15, 0.2) is 60.0 Å². The molecular formula is C22H24N4S2. The molecule has 0 bridgehead atoms. The number of nitrogens with zero attached hydrogens (tertiary/aromatic N) is 3. The maximum absolute atomic E-state index is 5.62. The molecule has 1 aliphatic heterocycles. The first-order valence-electron chi connectivity index (χ1n) is 9.63. The molecule has 2 aromatic carbocycles. The van der Waals surface area contributed by atoms with Gasteiger partial charge < -0.3 is 15.1 Å². The van der Waals surface area contributed by atoms with Gasteiger partial charge in [-0.1, -0.05) is 49.4 Å². The quantitative estimate of drug-likeness (QED) is 0.621. The number of benzene rings is 2. The van der Waals surface area contributed by atoms with E-state index in [-0.39, 0.29) is 0 Å². The van der Waals surface area contributed by atoms with Crippen LogP contribution in [0.4, 0.5) is 10.8 Å². The normalized spacial score (nSPS) is 14.2. The highest BCUT2D eigenvalue weighted by molar-refractivity contribution is 7.80. The summed E-state index contributed by atoms with van der Waals surface area (Å²) in [5.74, 6) is 0. The van der Waals surface area contributed by atoms with Gasteiger partial charge in [0.25, 0.3) is 0 Å². The van der Waals surface area contributed by atoms with E-state index in [1.807, 2.05) is 6.07 Å². The summed E-state index contributed by atoms with van der Waals surface area (Å²) < 4.78 is 0. The second-order valence-corrected chi connectivity index (χ2v) is 8.06. The van der Waals surface area contributed by atoms with Gasteiger partial charge in [-0.15, -0.1) is 11.3 Å². The molecule has 0 amide bonds. The lowest BCUT2D eigenvalue weighted by molar-refractivity contribution is 0.390. The van der Waals surface area contributed by atoms with E-state index in [4.69, 9.17) is 17.2 Å². The summed E-state index contributed by atoms with van der Waals surface area (Å²) in [7, 11) is 0. The molecule has 1 aliphatic rings. The number of nitrogens with one attached hydrogen (secondary N) is 1. The third-order valence-corrected chi connectivity index (χ3v) is 6.27. The van der Waals surface area contributed by atoms with Crippen molar-refractivity contribution < 1.29 is 0 Å². The molecule has 144 valence electrons. The molecule has 2 heterocycles. The lowest BCUT2D eigenvalue weighted by atomic mass is 10.1. The van der Waals surface area contributed by atoms with Crippen molar-refractivity contribution in [3.63, 3.8) is 0 Å². The van der Waals surface area contributed by atoms with Crippen molar-refractivity contribution in [2.24, 2.45) is 0 Å². The summed E-state index contributed by atoms with van der Waals surface area (Å²) in [6.07, 6.45) is 1.05. The summed E-state index contributed by atoms with van der Waals surface area (Å²) in [4.78, 5) is 9.43. The van der Waals surface area contributed by atoms with E-state index in [0.29, 0.717) is 0 Å². The average Bonchev–Trinajstić information content (AvgIpc) is 3.25. The minimum absolute atomic E-state index is 0.799. The fourth-order valence-corrected chi connectivity index (χ4v) is 4.47. The van der Waals surface area contributed by atoms with Gasteiger partial charge >= 0.3 is 0 Å². The lowest BCUT2D eigenvalue weighted by Gasteiger charge is -2.36. The molecule has 1 N–H and O–H groups in total. The van der Waals surface area contributed by atoms with Gasteiger partial charge in [-0.25, -0.2) is 4.98 Å². The Hall–Kier alpha value is -2.44. The molecule has 0 radical (unpaired) electrons. The van der Waals surface area contributed by atoms with E-state index in [1.165, 1.54) is 11.1 Å². The second-order valence-electron chi connectivity index (χ2n) is 6.84.